The van der Waals surface area contributed by atoms with E-state index >= 15 is 0 Å². The molecule has 5 heteroatoms. The molecule has 0 aliphatic heterocycles. The Bertz CT molecular complexity index is 593. The SMILES string of the molecule is CCn1nc(C)cc1COc1c(Cl)cccc1C=O. The second kappa shape index (κ2) is 5.89. The van der Waals surface area contributed by atoms with Crippen molar-refractivity contribution in [1.82, 2.24) is 9.78 Å². The maximum atomic E-state index is 11.0. The van der Waals surface area contributed by atoms with E-state index in [1.165, 1.54) is 0 Å². The van der Waals surface area contributed by atoms with Crippen LogP contribution in [0.2, 0.25) is 5.02 Å². The first kappa shape index (κ1) is 13.6. The Hall–Kier alpha value is -1.81. The van der Waals surface area contributed by atoms with E-state index in [-0.39, 0.29) is 0 Å². The first-order valence-electron chi connectivity index (χ1n) is 6.05. The summed E-state index contributed by atoms with van der Waals surface area (Å²) in [6.07, 6.45) is 0.740. The molecule has 0 fully saturated rings. The highest BCUT2D eigenvalue weighted by Crippen LogP contribution is 2.28. The molecule has 0 N–H and O–H groups in total. The first-order chi connectivity index (χ1) is 9.15. The molecule has 0 amide bonds. The number of carbonyl (C=O) groups excluding carboxylic acids is 1. The van der Waals surface area contributed by atoms with Gasteiger partial charge in [0.05, 0.1) is 22.0 Å². The largest absolute Gasteiger partial charge is 0.485 e. The molecule has 2 aromatic rings. The van der Waals surface area contributed by atoms with Crippen molar-refractivity contribution in [3.05, 3.63) is 46.2 Å². The number of aryl methyl sites for hydroxylation is 2. The number of aldehydes is 1. The Morgan fingerprint density at radius 1 is 1.47 bits per heavy atom. The van der Waals surface area contributed by atoms with Crippen molar-refractivity contribution in [2.45, 2.75) is 27.0 Å². The lowest BCUT2D eigenvalue weighted by molar-refractivity contribution is 0.111. The molecule has 0 atom stereocenters. The average Bonchev–Trinajstić information content (AvgIpc) is 2.77. The lowest BCUT2D eigenvalue weighted by Gasteiger charge is -2.10. The molecule has 4 nitrogen and oxygen atoms in total. The van der Waals surface area contributed by atoms with Gasteiger partial charge < -0.3 is 4.74 Å². The summed E-state index contributed by atoms with van der Waals surface area (Å²) in [6.45, 7) is 5.05. The number of ether oxygens (including phenoxy) is 1. The highest BCUT2D eigenvalue weighted by Gasteiger charge is 2.10. The van der Waals surface area contributed by atoms with Crippen LogP contribution in [0.5, 0.6) is 5.75 Å². The Morgan fingerprint density at radius 2 is 2.26 bits per heavy atom. The number of hydrogen-bond acceptors (Lipinski definition) is 3. The number of halogens is 1. The minimum absolute atomic E-state index is 0.333. The zero-order valence-electron chi connectivity index (χ0n) is 10.9. The highest BCUT2D eigenvalue weighted by molar-refractivity contribution is 6.32. The standard InChI is InChI=1S/C14H15ClN2O2/c1-3-17-12(7-10(2)16-17)9-19-14-11(8-18)5-4-6-13(14)15/h4-8H,3,9H2,1-2H3. The normalized spacial score (nSPS) is 10.5. The predicted octanol–water partition coefficient (Wildman–Crippen LogP) is 3.26. The summed E-state index contributed by atoms with van der Waals surface area (Å²) in [5.41, 5.74) is 2.35. The summed E-state index contributed by atoms with van der Waals surface area (Å²) < 4.78 is 7.54. The van der Waals surface area contributed by atoms with E-state index in [0.29, 0.717) is 22.9 Å². The summed E-state index contributed by atoms with van der Waals surface area (Å²) in [7, 11) is 0. The molecule has 0 saturated carbocycles. The lowest BCUT2D eigenvalue weighted by Crippen LogP contribution is -2.07. The number of carbonyl (C=O) groups is 1. The summed E-state index contributed by atoms with van der Waals surface area (Å²) in [6, 6.07) is 7.06. The van der Waals surface area contributed by atoms with Crippen molar-refractivity contribution in [2.75, 3.05) is 0 Å². The van der Waals surface area contributed by atoms with E-state index in [9.17, 15) is 4.79 Å². The molecule has 0 radical (unpaired) electrons. The van der Waals surface area contributed by atoms with Crippen LogP contribution in [0, 0.1) is 6.92 Å². The van der Waals surface area contributed by atoms with Crippen LogP contribution in [0.1, 0.15) is 28.7 Å². The Morgan fingerprint density at radius 3 is 2.95 bits per heavy atom. The molecular formula is C14H15ClN2O2. The highest BCUT2D eigenvalue weighted by atomic mass is 35.5. The molecule has 0 aliphatic carbocycles. The van der Waals surface area contributed by atoms with Crippen LogP contribution in [-0.4, -0.2) is 16.1 Å². The quantitative estimate of drug-likeness (QED) is 0.789. The molecule has 19 heavy (non-hydrogen) atoms. The van der Waals surface area contributed by atoms with Crippen LogP contribution < -0.4 is 4.74 Å². The van der Waals surface area contributed by atoms with Gasteiger partial charge in [-0.25, -0.2) is 0 Å². The van der Waals surface area contributed by atoms with Crippen LogP contribution in [0.25, 0.3) is 0 Å². The summed E-state index contributed by atoms with van der Waals surface area (Å²) >= 11 is 6.05. The smallest absolute Gasteiger partial charge is 0.153 e. The lowest BCUT2D eigenvalue weighted by atomic mass is 10.2. The van der Waals surface area contributed by atoms with Gasteiger partial charge in [0.25, 0.3) is 0 Å². The molecule has 1 aromatic carbocycles. The van der Waals surface area contributed by atoms with Gasteiger partial charge in [0, 0.05) is 6.54 Å². The van der Waals surface area contributed by atoms with E-state index < -0.39 is 0 Å². The van der Waals surface area contributed by atoms with E-state index in [1.54, 1.807) is 18.2 Å². The minimum Gasteiger partial charge on any atom is -0.485 e. The van der Waals surface area contributed by atoms with E-state index in [4.69, 9.17) is 16.3 Å². The summed E-state index contributed by atoms with van der Waals surface area (Å²) in [4.78, 5) is 11.0. The fourth-order valence-corrected chi connectivity index (χ4v) is 2.14. The molecule has 0 aliphatic rings. The van der Waals surface area contributed by atoms with Crippen LogP contribution in [0.3, 0.4) is 0 Å². The molecule has 100 valence electrons. The molecule has 0 bridgehead atoms. The fraction of sp³-hybridized carbons (Fsp3) is 0.286. The van der Waals surface area contributed by atoms with E-state index in [2.05, 4.69) is 5.10 Å². The van der Waals surface area contributed by atoms with Crippen LogP contribution in [0.4, 0.5) is 0 Å². The van der Waals surface area contributed by atoms with Crippen LogP contribution in [0.15, 0.2) is 24.3 Å². The van der Waals surface area contributed by atoms with Crippen LogP contribution in [-0.2, 0) is 13.2 Å². The van der Waals surface area contributed by atoms with Gasteiger partial charge >= 0.3 is 0 Å². The van der Waals surface area contributed by atoms with Gasteiger partial charge in [-0.2, -0.15) is 5.10 Å². The number of para-hydroxylation sites is 1. The minimum atomic E-state index is 0.333. The Balaban J connectivity index is 2.21. The van der Waals surface area contributed by atoms with Crippen molar-refractivity contribution in [2.24, 2.45) is 0 Å². The topological polar surface area (TPSA) is 44.1 Å². The van der Waals surface area contributed by atoms with Crippen molar-refractivity contribution < 1.29 is 9.53 Å². The number of aromatic nitrogens is 2. The van der Waals surface area contributed by atoms with Gasteiger partial charge in [-0.1, -0.05) is 17.7 Å². The summed E-state index contributed by atoms with van der Waals surface area (Å²) in [5.74, 6) is 0.417. The second-order valence-corrected chi connectivity index (χ2v) is 4.56. The third-order valence-corrected chi connectivity index (χ3v) is 3.07. The van der Waals surface area contributed by atoms with E-state index in [1.807, 2.05) is 24.6 Å². The van der Waals surface area contributed by atoms with Gasteiger partial charge in [0.15, 0.2) is 6.29 Å². The van der Waals surface area contributed by atoms with Gasteiger partial charge in [-0.3, -0.25) is 9.48 Å². The number of benzene rings is 1. The molecule has 0 spiro atoms. The molecule has 2 rings (SSSR count). The maximum Gasteiger partial charge on any atom is 0.153 e. The van der Waals surface area contributed by atoms with Crippen molar-refractivity contribution in [1.29, 1.82) is 0 Å². The molecule has 1 heterocycles. The van der Waals surface area contributed by atoms with Crippen LogP contribution >= 0.6 is 11.6 Å². The van der Waals surface area contributed by atoms with Gasteiger partial charge in [0.1, 0.15) is 12.4 Å². The Labute approximate surface area is 116 Å². The third-order valence-electron chi connectivity index (χ3n) is 2.77. The van der Waals surface area contributed by atoms with Crippen molar-refractivity contribution in [3.8, 4) is 5.75 Å². The zero-order valence-corrected chi connectivity index (χ0v) is 11.6. The fourth-order valence-electron chi connectivity index (χ4n) is 1.91. The number of hydrogen-bond donors (Lipinski definition) is 0. The second-order valence-electron chi connectivity index (χ2n) is 4.16. The molecular weight excluding hydrogens is 264 g/mol. The monoisotopic (exact) mass is 278 g/mol. The molecule has 1 aromatic heterocycles. The number of rotatable bonds is 5. The maximum absolute atomic E-state index is 11.0. The number of nitrogens with zero attached hydrogens (tertiary/aromatic N) is 2. The van der Waals surface area contributed by atoms with Gasteiger partial charge in [-0.05, 0) is 32.0 Å². The third kappa shape index (κ3) is 2.96. The molecule has 0 unspecified atom stereocenters. The van der Waals surface area contributed by atoms with Crippen molar-refractivity contribution >= 4 is 17.9 Å². The van der Waals surface area contributed by atoms with Gasteiger partial charge in [0.2, 0.25) is 0 Å². The zero-order chi connectivity index (χ0) is 13.8. The van der Waals surface area contributed by atoms with Crippen molar-refractivity contribution in [3.63, 3.8) is 0 Å². The molecule has 0 saturated heterocycles. The average molecular weight is 279 g/mol. The Kier molecular flexibility index (Phi) is 4.22. The predicted molar refractivity (Wildman–Crippen MR) is 73.8 cm³/mol. The van der Waals surface area contributed by atoms with Gasteiger partial charge in [-0.15, -0.1) is 0 Å². The first-order valence-corrected chi connectivity index (χ1v) is 6.43. The summed E-state index contributed by atoms with van der Waals surface area (Å²) in [5, 5.41) is 4.77. The van der Waals surface area contributed by atoms with E-state index in [0.717, 1.165) is 24.2 Å².